The van der Waals surface area contributed by atoms with Gasteiger partial charge in [-0.3, -0.25) is 9.69 Å². The number of carbonyl (C=O) groups is 1. The van der Waals surface area contributed by atoms with Crippen LogP contribution in [0.3, 0.4) is 0 Å². The number of nitrogens with one attached hydrogen (secondary N) is 1. The molecule has 2 atom stereocenters. The first-order valence-corrected chi connectivity index (χ1v) is 8.49. The molecule has 5 nitrogen and oxygen atoms in total. The molecule has 0 aliphatic carbocycles. The zero-order chi connectivity index (χ0) is 16.2. The molecule has 5 heteroatoms. The van der Waals surface area contributed by atoms with Crippen LogP contribution in [0, 0.1) is 5.92 Å². The minimum absolute atomic E-state index is 0.0138. The van der Waals surface area contributed by atoms with Gasteiger partial charge in [-0.15, -0.1) is 0 Å². The molecule has 1 N–H and O–H groups in total. The number of ether oxygens (including phenoxy) is 2. The van der Waals surface area contributed by atoms with Gasteiger partial charge >= 0.3 is 0 Å². The smallest absolute Gasteiger partial charge is 0.261 e. The van der Waals surface area contributed by atoms with Crippen LogP contribution < -0.4 is 10.1 Å². The van der Waals surface area contributed by atoms with Crippen LogP contribution in [0.25, 0.3) is 0 Å². The molecule has 0 unspecified atom stereocenters. The van der Waals surface area contributed by atoms with E-state index in [0.29, 0.717) is 24.9 Å². The van der Waals surface area contributed by atoms with Crippen molar-refractivity contribution in [3.63, 3.8) is 0 Å². The molecule has 0 saturated carbocycles. The second-order valence-corrected chi connectivity index (χ2v) is 6.62. The van der Waals surface area contributed by atoms with Crippen molar-refractivity contribution in [3.05, 3.63) is 29.8 Å². The van der Waals surface area contributed by atoms with Crippen molar-refractivity contribution in [2.75, 3.05) is 32.8 Å². The SMILES string of the molecule is CC(C)[C@@H](CNC(=O)[C@@H]1Cc2ccccc2O1)N1CCOCC1. The summed E-state index contributed by atoms with van der Waals surface area (Å²) in [6, 6.07) is 8.20. The number of rotatable bonds is 5. The molecule has 2 aliphatic heterocycles. The van der Waals surface area contributed by atoms with Crippen molar-refractivity contribution >= 4 is 5.91 Å². The second-order valence-electron chi connectivity index (χ2n) is 6.62. The molecule has 0 radical (unpaired) electrons. The fourth-order valence-corrected chi connectivity index (χ4v) is 3.34. The zero-order valence-corrected chi connectivity index (χ0v) is 14.0. The Hall–Kier alpha value is -1.59. The van der Waals surface area contributed by atoms with Crippen LogP contribution >= 0.6 is 0 Å². The number of nitrogens with zero attached hydrogens (tertiary/aromatic N) is 1. The summed E-state index contributed by atoms with van der Waals surface area (Å²) >= 11 is 0. The largest absolute Gasteiger partial charge is 0.480 e. The van der Waals surface area contributed by atoms with Gasteiger partial charge in [0.15, 0.2) is 6.10 Å². The average Bonchev–Trinajstić information content (AvgIpc) is 2.99. The highest BCUT2D eigenvalue weighted by Crippen LogP contribution is 2.28. The molecule has 1 saturated heterocycles. The minimum Gasteiger partial charge on any atom is -0.480 e. The van der Waals surface area contributed by atoms with Crippen LogP contribution in [0.15, 0.2) is 24.3 Å². The zero-order valence-electron chi connectivity index (χ0n) is 14.0. The van der Waals surface area contributed by atoms with Crippen molar-refractivity contribution < 1.29 is 14.3 Å². The van der Waals surface area contributed by atoms with E-state index < -0.39 is 6.10 Å². The van der Waals surface area contributed by atoms with Crippen LogP contribution in [0.5, 0.6) is 5.75 Å². The van der Waals surface area contributed by atoms with E-state index in [-0.39, 0.29) is 5.91 Å². The number of benzene rings is 1. The first-order valence-electron chi connectivity index (χ1n) is 8.49. The summed E-state index contributed by atoms with van der Waals surface area (Å²) in [7, 11) is 0. The lowest BCUT2D eigenvalue weighted by Gasteiger charge is -2.37. The van der Waals surface area contributed by atoms with Gasteiger partial charge in [-0.2, -0.15) is 0 Å². The molecular formula is C18H26N2O3. The maximum Gasteiger partial charge on any atom is 0.261 e. The minimum atomic E-state index is -0.398. The van der Waals surface area contributed by atoms with Gasteiger partial charge in [0, 0.05) is 32.1 Å². The Morgan fingerprint density at radius 3 is 2.74 bits per heavy atom. The number of morpholine rings is 1. The number of hydrogen-bond donors (Lipinski definition) is 1. The van der Waals surface area contributed by atoms with Crippen molar-refractivity contribution in [1.82, 2.24) is 10.2 Å². The first-order chi connectivity index (χ1) is 11.1. The van der Waals surface area contributed by atoms with E-state index in [1.807, 2.05) is 24.3 Å². The Kier molecular flexibility index (Phi) is 5.18. The third kappa shape index (κ3) is 3.85. The Morgan fingerprint density at radius 1 is 1.30 bits per heavy atom. The predicted molar refractivity (Wildman–Crippen MR) is 88.6 cm³/mol. The topological polar surface area (TPSA) is 50.8 Å². The van der Waals surface area contributed by atoms with E-state index in [4.69, 9.17) is 9.47 Å². The van der Waals surface area contributed by atoms with Crippen LogP contribution in [0.2, 0.25) is 0 Å². The molecular weight excluding hydrogens is 292 g/mol. The number of amides is 1. The van der Waals surface area contributed by atoms with E-state index >= 15 is 0 Å². The maximum absolute atomic E-state index is 12.4. The Morgan fingerprint density at radius 2 is 2.04 bits per heavy atom. The molecule has 0 aromatic heterocycles. The number of para-hydroxylation sites is 1. The molecule has 0 spiro atoms. The van der Waals surface area contributed by atoms with Crippen molar-refractivity contribution in [3.8, 4) is 5.75 Å². The number of carbonyl (C=O) groups excluding carboxylic acids is 1. The maximum atomic E-state index is 12.4. The fraction of sp³-hybridized carbons (Fsp3) is 0.611. The summed E-state index contributed by atoms with van der Waals surface area (Å²) in [6.07, 6.45) is 0.260. The van der Waals surface area contributed by atoms with Crippen molar-refractivity contribution in [2.45, 2.75) is 32.4 Å². The van der Waals surface area contributed by atoms with Gasteiger partial charge in [0.1, 0.15) is 5.75 Å². The van der Waals surface area contributed by atoms with Gasteiger partial charge in [-0.05, 0) is 17.5 Å². The third-order valence-electron chi connectivity index (χ3n) is 4.71. The molecule has 1 amide bonds. The van der Waals surface area contributed by atoms with Crippen LogP contribution in [0.1, 0.15) is 19.4 Å². The highest BCUT2D eigenvalue weighted by molar-refractivity contribution is 5.82. The summed E-state index contributed by atoms with van der Waals surface area (Å²) in [6.45, 7) is 8.49. The summed E-state index contributed by atoms with van der Waals surface area (Å²) in [5.41, 5.74) is 1.11. The molecule has 1 aromatic carbocycles. The van der Waals surface area contributed by atoms with Gasteiger partial charge in [0.25, 0.3) is 5.91 Å². The van der Waals surface area contributed by atoms with E-state index in [9.17, 15) is 4.79 Å². The molecule has 0 bridgehead atoms. The summed E-state index contributed by atoms with van der Waals surface area (Å²) < 4.78 is 11.2. The molecule has 1 aromatic rings. The van der Waals surface area contributed by atoms with E-state index in [0.717, 1.165) is 37.6 Å². The van der Waals surface area contributed by atoms with E-state index in [1.165, 1.54) is 0 Å². The Bertz CT molecular complexity index is 516. The van der Waals surface area contributed by atoms with E-state index in [1.54, 1.807) is 0 Å². The quantitative estimate of drug-likeness (QED) is 0.893. The van der Waals surface area contributed by atoms with E-state index in [2.05, 4.69) is 24.1 Å². The van der Waals surface area contributed by atoms with Gasteiger partial charge in [-0.25, -0.2) is 0 Å². The van der Waals surface area contributed by atoms with Crippen LogP contribution in [-0.2, 0) is 16.0 Å². The average molecular weight is 318 g/mol. The van der Waals surface area contributed by atoms with Gasteiger partial charge in [0.05, 0.1) is 13.2 Å². The van der Waals surface area contributed by atoms with Crippen LogP contribution in [0.4, 0.5) is 0 Å². The monoisotopic (exact) mass is 318 g/mol. The molecule has 3 rings (SSSR count). The summed E-state index contributed by atoms with van der Waals surface area (Å²) in [4.78, 5) is 14.9. The standard InChI is InChI=1S/C18H26N2O3/c1-13(2)15(20-7-9-22-10-8-20)12-19-18(21)17-11-14-5-3-4-6-16(14)23-17/h3-6,13,15,17H,7-12H2,1-2H3,(H,19,21)/t15-,17+/m1/s1. The van der Waals surface area contributed by atoms with Gasteiger partial charge < -0.3 is 14.8 Å². The predicted octanol–water partition coefficient (Wildman–Crippen LogP) is 1.46. The lowest BCUT2D eigenvalue weighted by Crippen LogP contribution is -2.52. The van der Waals surface area contributed by atoms with Crippen molar-refractivity contribution in [1.29, 1.82) is 0 Å². The lowest BCUT2D eigenvalue weighted by atomic mass is 10.0. The summed E-state index contributed by atoms with van der Waals surface area (Å²) in [5, 5.41) is 3.09. The van der Waals surface area contributed by atoms with Gasteiger partial charge in [-0.1, -0.05) is 32.0 Å². The molecule has 126 valence electrons. The number of hydrogen-bond acceptors (Lipinski definition) is 4. The van der Waals surface area contributed by atoms with Gasteiger partial charge in [0.2, 0.25) is 0 Å². The molecule has 23 heavy (non-hydrogen) atoms. The Balaban J connectivity index is 1.53. The van der Waals surface area contributed by atoms with Crippen LogP contribution in [-0.4, -0.2) is 55.8 Å². The normalized spacial score (nSPS) is 22.5. The highest BCUT2D eigenvalue weighted by Gasteiger charge is 2.30. The second kappa shape index (κ2) is 7.32. The molecule has 2 aliphatic rings. The first kappa shape index (κ1) is 16.3. The lowest BCUT2D eigenvalue weighted by molar-refractivity contribution is -0.127. The molecule has 2 heterocycles. The third-order valence-corrected chi connectivity index (χ3v) is 4.71. The Labute approximate surface area is 137 Å². The number of fused-ring (bicyclic) bond motifs is 1. The highest BCUT2D eigenvalue weighted by atomic mass is 16.5. The summed E-state index contributed by atoms with van der Waals surface area (Å²) in [5.74, 6) is 1.30. The molecule has 1 fully saturated rings. The fourth-order valence-electron chi connectivity index (χ4n) is 3.34. The van der Waals surface area contributed by atoms with Crippen molar-refractivity contribution in [2.24, 2.45) is 5.92 Å².